The Hall–Kier alpha value is -2.08. The quantitative estimate of drug-likeness (QED) is 0.185. The van der Waals surface area contributed by atoms with Crippen molar-refractivity contribution in [2.24, 2.45) is 4.99 Å². The van der Waals surface area contributed by atoms with Crippen LogP contribution in [0.25, 0.3) is 0 Å². The lowest BCUT2D eigenvalue weighted by molar-refractivity contribution is 0.0954. The average molecular weight is 518 g/mol. The first-order valence-electron chi connectivity index (χ1n) is 8.70. The van der Waals surface area contributed by atoms with Gasteiger partial charge in [-0.05, 0) is 31.2 Å². The van der Waals surface area contributed by atoms with Gasteiger partial charge in [0.1, 0.15) is 5.75 Å². The Labute approximate surface area is 186 Å². The third-order valence-corrected chi connectivity index (χ3v) is 4.56. The highest BCUT2D eigenvalue weighted by atomic mass is 127. The molecule has 0 radical (unpaired) electrons. The van der Waals surface area contributed by atoms with Crippen LogP contribution in [-0.4, -0.2) is 55.7 Å². The summed E-state index contributed by atoms with van der Waals surface area (Å²) in [6.07, 6.45) is 0. The molecule has 1 amide bonds. The van der Waals surface area contributed by atoms with E-state index in [2.05, 4.69) is 25.9 Å². The van der Waals surface area contributed by atoms with E-state index < -0.39 is 0 Å². The third-order valence-electron chi connectivity index (χ3n) is 3.50. The fourth-order valence-corrected chi connectivity index (χ4v) is 2.90. The molecule has 0 aliphatic carbocycles. The maximum atomic E-state index is 12.0. The largest absolute Gasteiger partial charge is 0.508 e. The van der Waals surface area contributed by atoms with Gasteiger partial charge in [0.15, 0.2) is 11.1 Å². The number of nitrogens with zero attached hydrogens (tertiary/aromatic N) is 3. The molecule has 0 aliphatic heterocycles. The molecule has 1 aromatic heterocycles. The van der Waals surface area contributed by atoms with Crippen LogP contribution in [0.3, 0.4) is 0 Å². The third kappa shape index (κ3) is 7.89. The number of aromatic hydroxyl groups is 1. The minimum atomic E-state index is -0.183. The molecule has 0 unspecified atom stereocenters. The number of amides is 1. The van der Waals surface area contributed by atoms with Crippen molar-refractivity contribution in [3.05, 3.63) is 40.9 Å². The summed E-state index contributed by atoms with van der Waals surface area (Å²) < 4.78 is 0. The molecule has 1 heterocycles. The van der Waals surface area contributed by atoms with Crippen LogP contribution in [0.15, 0.2) is 34.6 Å². The molecule has 0 bridgehead atoms. The number of carbonyl (C=O) groups excluding carboxylic acids is 1. The normalized spacial score (nSPS) is 10.8. The van der Waals surface area contributed by atoms with Gasteiger partial charge in [0.25, 0.3) is 5.91 Å². The van der Waals surface area contributed by atoms with Gasteiger partial charge >= 0.3 is 0 Å². The van der Waals surface area contributed by atoms with Crippen LogP contribution in [0.4, 0.5) is 5.13 Å². The minimum absolute atomic E-state index is 0. The number of phenols is 1. The molecular formula is C18H27IN6O2S. The molecule has 4 N–H and O–H groups in total. The fourth-order valence-electron chi connectivity index (χ4n) is 2.15. The van der Waals surface area contributed by atoms with Crippen molar-refractivity contribution in [1.29, 1.82) is 0 Å². The number of rotatable bonds is 8. The van der Waals surface area contributed by atoms with Crippen LogP contribution in [0.1, 0.15) is 23.0 Å². The second-order valence-electron chi connectivity index (χ2n) is 5.94. The van der Waals surface area contributed by atoms with E-state index in [1.165, 1.54) is 12.1 Å². The summed E-state index contributed by atoms with van der Waals surface area (Å²) >= 11 is 1.59. The Morgan fingerprint density at radius 1 is 1.18 bits per heavy atom. The summed E-state index contributed by atoms with van der Waals surface area (Å²) in [4.78, 5) is 23.0. The molecule has 0 aliphatic rings. The van der Waals surface area contributed by atoms with E-state index in [4.69, 9.17) is 0 Å². The number of nitrogens with one attached hydrogen (secondary N) is 3. The van der Waals surface area contributed by atoms with Gasteiger partial charge in [0.05, 0.1) is 12.2 Å². The molecule has 0 saturated heterocycles. The molecular weight excluding hydrogens is 491 g/mol. The summed E-state index contributed by atoms with van der Waals surface area (Å²) in [6.45, 7) is 4.21. The zero-order valence-electron chi connectivity index (χ0n) is 16.2. The van der Waals surface area contributed by atoms with Gasteiger partial charge in [0, 0.05) is 44.7 Å². The average Bonchev–Trinajstić information content (AvgIpc) is 3.13. The van der Waals surface area contributed by atoms with E-state index in [-0.39, 0.29) is 35.6 Å². The van der Waals surface area contributed by atoms with Gasteiger partial charge in [-0.15, -0.1) is 35.3 Å². The number of hydrogen-bond donors (Lipinski definition) is 4. The summed E-state index contributed by atoms with van der Waals surface area (Å²) in [7, 11) is 3.92. The number of benzene rings is 1. The monoisotopic (exact) mass is 518 g/mol. The van der Waals surface area contributed by atoms with Gasteiger partial charge in [-0.1, -0.05) is 0 Å². The number of carbonyl (C=O) groups is 1. The van der Waals surface area contributed by atoms with E-state index in [1.54, 1.807) is 23.5 Å². The van der Waals surface area contributed by atoms with E-state index in [0.717, 1.165) is 17.4 Å². The predicted octanol–water partition coefficient (Wildman–Crippen LogP) is 2.02. The van der Waals surface area contributed by atoms with Crippen LogP contribution in [0.2, 0.25) is 0 Å². The molecule has 0 spiro atoms. The van der Waals surface area contributed by atoms with Crippen LogP contribution in [0.5, 0.6) is 5.75 Å². The number of phenolic OH excluding ortho intramolecular Hbond substituents is 1. The van der Waals surface area contributed by atoms with Crippen molar-refractivity contribution in [1.82, 2.24) is 20.9 Å². The Morgan fingerprint density at radius 3 is 2.46 bits per heavy atom. The van der Waals surface area contributed by atoms with Crippen molar-refractivity contribution in [2.75, 3.05) is 38.6 Å². The summed E-state index contributed by atoms with van der Waals surface area (Å²) in [5.41, 5.74) is 1.43. The van der Waals surface area contributed by atoms with Crippen LogP contribution >= 0.6 is 35.3 Å². The Balaban J connectivity index is 0.00000392. The van der Waals surface area contributed by atoms with Gasteiger partial charge in [0.2, 0.25) is 0 Å². The van der Waals surface area contributed by atoms with Gasteiger partial charge in [-0.25, -0.2) is 9.98 Å². The Kier molecular flexibility index (Phi) is 10.6. The maximum Gasteiger partial charge on any atom is 0.251 e. The Bertz CT molecular complexity index is 764. The Morgan fingerprint density at radius 2 is 1.86 bits per heavy atom. The molecule has 8 nitrogen and oxygen atoms in total. The van der Waals surface area contributed by atoms with Crippen molar-refractivity contribution in [3.63, 3.8) is 0 Å². The number of aromatic nitrogens is 1. The number of aliphatic imine (C=N–C) groups is 1. The number of halogens is 1. The van der Waals surface area contributed by atoms with Crippen molar-refractivity contribution < 1.29 is 9.90 Å². The molecule has 1 aromatic carbocycles. The van der Waals surface area contributed by atoms with Crippen molar-refractivity contribution in [3.8, 4) is 5.75 Å². The molecule has 2 aromatic rings. The molecule has 0 atom stereocenters. The first-order chi connectivity index (χ1) is 13.0. The summed E-state index contributed by atoms with van der Waals surface area (Å²) in [6, 6.07) is 6.14. The first kappa shape index (κ1) is 24.0. The lowest BCUT2D eigenvalue weighted by atomic mass is 10.2. The number of thiazole rings is 1. The van der Waals surface area contributed by atoms with Crippen LogP contribution in [0, 0.1) is 0 Å². The second kappa shape index (κ2) is 12.4. The molecule has 28 heavy (non-hydrogen) atoms. The zero-order chi connectivity index (χ0) is 19.6. The van der Waals surface area contributed by atoms with Gasteiger partial charge < -0.3 is 26.0 Å². The lowest BCUT2D eigenvalue weighted by Gasteiger charge is -2.11. The second-order valence-corrected chi connectivity index (χ2v) is 6.78. The summed E-state index contributed by atoms with van der Waals surface area (Å²) in [5, 5.41) is 21.4. The molecule has 2 rings (SSSR count). The standard InChI is InChI=1S/C18H26N6O2S.HI/c1-4-19-17(22-11-14-12-27-18(23-14)24(2)3)21-10-9-20-16(26)13-5-7-15(25)8-6-13;/h5-8,12,25H,4,9-11H2,1-3H3,(H,20,26)(H2,19,21,22);1H. The minimum Gasteiger partial charge on any atom is -0.508 e. The predicted molar refractivity (Wildman–Crippen MR) is 125 cm³/mol. The zero-order valence-corrected chi connectivity index (χ0v) is 19.4. The molecule has 10 heteroatoms. The van der Waals surface area contributed by atoms with Gasteiger partial charge in [-0.3, -0.25) is 4.79 Å². The molecule has 0 fully saturated rings. The van der Waals surface area contributed by atoms with Crippen LogP contribution in [-0.2, 0) is 6.54 Å². The number of hydrogen-bond acceptors (Lipinski definition) is 6. The smallest absolute Gasteiger partial charge is 0.251 e. The fraction of sp³-hybridized carbons (Fsp3) is 0.389. The van der Waals surface area contributed by atoms with Gasteiger partial charge in [-0.2, -0.15) is 0 Å². The van der Waals surface area contributed by atoms with E-state index >= 15 is 0 Å². The van der Waals surface area contributed by atoms with E-state index in [0.29, 0.717) is 31.2 Å². The molecule has 0 saturated carbocycles. The number of anilines is 1. The SMILES string of the molecule is CCNC(=NCc1csc(N(C)C)n1)NCCNC(=O)c1ccc(O)cc1.I. The lowest BCUT2D eigenvalue weighted by Crippen LogP contribution is -2.41. The molecule has 154 valence electrons. The summed E-state index contributed by atoms with van der Waals surface area (Å²) in [5.74, 6) is 0.630. The topological polar surface area (TPSA) is 102 Å². The van der Waals surface area contributed by atoms with E-state index in [9.17, 15) is 9.90 Å². The maximum absolute atomic E-state index is 12.0. The van der Waals surface area contributed by atoms with Crippen molar-refractivity contribution >= 4 is 52.3 Å². The van der Waals surface area contributed by atoms with E-state index in [1.807, 2.05) is 31.3 Å². The number of guanidine groups is 1. The highest BCUT2D eigenvalue weighted by Gasteiger charge is 2.06. The first-order valence-corrected chi connectivity index (χ1v) is 9.58. The highest BCUT2D eigenvalue weighted by molar-refractivity contribution is 14.0. The van der Waals surface area contributed by atoms with Crippen LogP contribution < -0.4 is 20.9 Å². The van der Waals surface area contributed by atoms with Crippen molar-refractivity contribution in [2.45, 2.75) is 13.5 Å². The highest BCUT2D eigenvalue weighted by Crippen LogP contribution is 2.18.